The van der Waals surface area contributed by atoms with Gasteiger partial charge in [0.05, 0.1) is 12.1 Å². The van der Waals surface area contributed by atoms with E-state index >= 15 is 0 Å². The van der Waals surface area contributed by atoms with Gasteiger partial charge in [0, 0.05) is 6.54 Å². The fourth-order valence-electron chi connectivity index (χ4n) is 2.59. The first-order valence-corrected chi connectivity index (χ1v) is 6.23. The van der Waals surface area contributed by atoms with Gasteiger partial charge in [-0.25, -0.2) is 0 Å². The second kappa shape index (κ2) is 4.98. The van der Waals surface area contributed by atoms with E-state index in [0.29, 0.717) is 5.92 Å². The molecule has 3 unspecified atom stereocenters. The number of aliphatic hydroxyl groups excluding tert-OH is 1. The lowest BCUT2D eigenvalue weighted by Crippen LogP contribution is -2.31. The molecule has 2 nitrogen and oxygen atoms in total. The summed E-state index contributed by atoms with van der Waals surface area (Å²) in [6.07, 6.45) is 1.94. The molecule has 0 spiro atoms. The molecule has 0 bridgehead atoms. The maximum atomic E-state index is 10.3. The number of hydrogen-bond donors (Lipinski definition) is 2. The zero-order valence-corrected chi connectivity index (χ0v) is 10.1. The van der Waals surface area contributed by atoms with Crippen molar-refractivity contribution in [1.29, 1.82) is 0 Å². The first kappa shape index (κ1) is 11.6. The van der Waals surface area contributed by atoms with E-state index in [9.17, 15) is 5.11 Å². The number of rotatable bonds is 4. The van der Waals surface area contributed by atoms with Crippen molar-refractivity contribution >= 4 is 0 Å². The zero-order chi connectivity index (χ0) is 11.5. The molecular formula is C14H21NO. The lowest BCUT2D eigenvalue weighted by Gasteiger charge is -2.25. The van der Waals surface area contributed by atoms with Gasteiger partial charge in [0.15, 0.2) is 0 Å². The van der Waals surface area contributed by atoms with Crippen LogP contribution in [0.15, 0.2) is 24.3 Å². The molecule has 0 saturated heterocycles. The molecule has 88 valence electrons. The predicted molar refractivity (Wildman–Crippen MR) is 66.1 cm³/mol. The lowest BCUT2D eigenvalue weighted by molar-refractivity contribution is 0.0750. The highest BCUT2D eigenvalue weighted by Gasteiger charge is 2.30. The van der Waals surface area contributed by atoms with Crippen LogP contribution in [0, 0.1) is 5.92 Å². The van der Waals surface area contributed by atoms with Gasteiger partial charge in [0.1, 0.15) is 0 Å². The van der Waals surface area contributed by atoms with Gasteiger partial charge in [-0.2, -0.15) is 0 Å². The van der Waals surface area contributed by atoms with Crippen LogP contribution >= 0.6 is 0 Å². The Labute approximate surface area is 97.7 Å². The average molecular weight is 219 g/mol. The van der Waals surface area contributed by atoms with Crippen LogP contribution in [0.1, 0.15) is 43.9 Å². The van der Waals surface area contributed by atoms with Crippen LogP contribution in [0.25, 0.3) is 0 Å². The fraction of sp³-hybridized carbons (Fsp3) is 0.571. The molecule has 1 aromatic carbocycles. The van der Waals surface area contributed by atoms with Crippen LogP contribution in [0.3, 0.4) is 0 Å². The zero-order valence-electron chi connectivity index (χ0n) is 10.1. The number of fused-ring (bicyclic) bond motifs is 1. The molecule has 16 heavy (non-hydrogen) atoms. The highest BCUT2D eigenvalue weighted by atomic mass is 16.3. The molecule has 1 aromatic rings. The minimum absolute atomic E-state index is 0.123. The van der Waals surface area contributed by atoms with E-state index in [2.05, 4.69) is 43.4 Å². The third kappa shape index (κ3) is 2.13. The van der Waals surface area contributed by atoms with Crippen LogP contribution in [0.5, 0.6) is 0 Å². The summed E-state index contributed by atoms with van der Waals surface area (Å²) in [6, 6.07) is 8.50. The van der Waals surface area contributed by atoms with Crippen molar-refractivity contribution in [2.24, 2.45) is 5.92 Å². The highest BCUT2D eigenvalue weighted by Crippen LogP contribution is 2.31. The van der Waals surface area contributed by atoms with Crippen molar-refractivity contribution in [2.75, 3.05) is 0 Å². The molecule has 1 heterocycles. The Morgan fingerprint density at radius 2 is 2.19 bits per heavy atom. The summed E-state index contributed by atoms with van der Waals surface area (Å²) in [5.41, 5.74) is 2.60. The first-order valence-electron chi connectivity index (χ1n) is 6.23. The maximum absolute atomic E-state index is 10.3. The van der Waals surface area contributed by atoms with Gasteiger partial charge in [0.2, 0.25) is 0 Å². The second-order valence-corrected chi connectivity index (χ2v) is 4.81. The number of nitrogens with one attached hydrogen (secondary N) is 1. The van der Waals surface area contributed by atoms with Gasteiger partial charge in [0.25, 0.3) is 0 Å². The average Bonchev–Trinajstić information content (AvgIpc) is 2.72. The van der Waals surface area contributed by atoms with E-state index in [0.717, 1.165) is 19.4 Å². The second-order valence-electron chi connectivity index (χ2n) is 4.81. The molecule has 0 saturated carbocycles. The van der Waals surface area contributed by atoms with E-state index in [1.54, 1.807) is 0 Å². The SMILES string of the molecule is CCCC(C)C(O)C1NCc2ccccc21. The van der Waals surface area contributed by atoms with Crippen LogP contribution in [0.2, 0.25) is 0 Å². The Kier molecular flexibility index (Phi) is 3.62. The third-order valence-electron chi connectivity index (χ3n) is 3.57. The first-order chi connectivity index (χ1) is 7.74. The summed E-state index contributed by atoms with van der Waals surface area (Å²) in [4.78, 5) is 0. The molecule has 0 aliphatic carbocycles. The van der Waals surface area contributed by atoms with Crippen molar-refractivity contribution in [3.05, 3.63) is 35.4 Å². The van der Waals surface area contributed by atoms with Crippen molar-refractivity contribution in [3.63, 3.8) is 0 Å². The predicted octanol–water partition coefficient (Wildman–Crippen LogP) is 2.63. The van der Waals surface area contributed by atoms with Crippen molar-refractivity contribution in [1.82, 2.24) is 5.32 Å². The minimum Gasteiger partial charge on any atom is -0.391 e. The molecule has 1 aliphatic rings. The summed E-state index contributed by atoms with van der Waals surface area (Å²) >= 11 is 0. The van der Waals surface area contributed by atoms with Gasteiger partial charge < -0.3 is 10.4 Å². The van der Waals surface area contributed by atoms with Gasteiger partial charge in [-0.05, 0) is 23.5 Å². The van der Waals surface area contributed by atoms with Crippen molar-refractivity contribution in [3.8, 4) is 0 Å². The standard InChI is InChI=1S/C14H21NO/c1-3-6-10(2)14(16)13-12-8-5-4-7-11(12)9-15-13/h4-5,7-8,10,13-16H,3,6,9H2,1-2H3. The molecule has 1 aliphatic heterocycles. The molecule has 2 rings (SSSR count). The van der Waals surface area contributed by atoms with E-state index < -0.39 is 0 Å². The maximum Gasteiger partial charge on any atom is 0.0760 e. The van der Waals surface area contributed by atoms with Crippen molar-refractivity contribution in [2.45, 2.75) is 45.4 Å². The smallest absolute Gasteiger partial charge is 0.0760 e. The summed E-state index contributed by atoms with van der Waals surface area (Å²) in [6.45, 7) is 5.19. The molecule has 2 heteroatoms. The molecule has 0 radical (unpaired) electrons. The molecule has 2 N–H and O–H groups in total. The molecule has 0 aromatic heterocycles. The molecule has 0 fully saturated rings. The Bertz CT molecular complexity index is 350. The lowest BCUT2D eigenvalue weighted by atomic mass is 9.90. The Morgan fingerprint density at radius 3 is 2.94 bits per heavy atom. The molecular weight excluding hydrogens is 198 g/mol. The van der Waals surface area contributed by atoms with E-state index in [1.165, 1.54) is 11.1 Å². The van der Waals surface area contributed by atoms with Gasteiger partial charge in [-0.1, -0.05) is 44.5 Å². The van der Waals surface area contributed by atoms with Gasteiger partial charge in [-0.3, -0.25) is 0 Å². The number of hydrogen-bond acceptors (Lipinski definition) is 2. The van der Waals surface area contributed by atoms with Crippen molar-refractivity contribution < 1.29 is 5.11 Å². The summed E-state index contributed by atoms with van der Waals surface area (Å²) in [5.74, 6) is 0.355. The van der Waals surface area contributed by atoms with Gasteiger partial charge in [-0.15, -0.1) is 0 Å². The Morgan fingerprint density at radius 1 is 1.44 bits per heavy atom. The molecule has 3 atom stereocenters. The van der Waals surface area contributed by atoms with Crippen LogP contribution in [-0.2, 0) is 6.54 Å². The number of benzene rings is 1. The van der Waals surface area contributed by atoms with Crippen LogP contribution in [-0.4, -0.2) is 11.2 Å². The quantitative estimate of drug-likeness (QED) is 0.816. The van der Waals surface area contributed by atoms with Gasteiger partial charge >= 0.3 is 0 Å². The van der Waals surface area contributed by atoms with E-state index in [-0.39, 0.29) is 12.1 Å². The Balaban J connectivity index is 2.12. The Hall–Kier alpha value is -0.860. The normalized spacial score (nSPS) is 22.8. The van der Waals surface area contributed by atoms with Crippen LogP contribution in [0.4, 0.5) is 0 Å². The van der Waals surface area contributed by atoms with E-state index in [1.807, 2.05) is 0 Å². The largest absolute Gasteiger partial charge is 0.391 e. The fourth-order valence-corrected chi connectivity index (χ4v) is 2.59. The van der Waals surface area contributed by atoms with E-state index in [4.69, 9.17) is 0 Å². The summed E-state index contributed by atoms with van der Waals surface area (Å²) in [5, 5.41) is 13.7. The third-order valence-corrected chi connectivity index (χ3v) is 3.57. The minimum atomic E-state index is -0.274. The summed E-state index contributed by atoms with van der Waals surface area (Å²) in [7, 11) is 0. The summed E-state index contributed by atoms with van der Waals surface area (Å²) < 4.78 is 0. The molecule has 0 amide bonds. The number of aliphatic hydroxyl groups is 1. The highest BCUT2D eigenvalue weighted by molar-refractivity contribution is 5.34. The van der Waals surface area contributed by atoms with Crippen LogP contribution < -0.4 is 5.32 Å². The topological polar surface area (TPSA) is 32.3 Å². The monoisotopic (exact) mass is 219 g/mol.